The molecule has 1 aromatic carbocycles. The van der Waals surface area contributed by atoms with Gasteiger partial charge in [0.1, 0.15) is 0 Å². The van der Waals surface area contributed by atoms with Gasteiger partial charge in [0, 0.05) is 22.5 Å². The maximum atomic E-state index is 6.30. The zero-order valence-electron chi connectivity index (χ0n) is 12.4. The van der Waals surface area contributed by atoms with E-state index in [4.69, 9.17) is 4.74 Å². The van der Waals surface area contributed by atoms with Crippen LogP contribution in [0.25, 0.3) is 6.08 Å². The number of thiophene rings is 1. The second-order valence-electron chi connectivity index (χ2n) is 6.19. The maximum absolute atomic E-state index is 6.30. The Morgan fingerprint density at radius 1 is 1.19 bits per heavy atom. The van der Waals surface area contributed by atoms with E-state index in [-0.39, 0.29) is 11.1 Å². The first-order valence-corrected chi connectivity index (χ1v) is 8.27. The van der Waals surface area contributed by atoms with Gasteiger partial charge in [-0.1, -0.05) is 38.1 Å². The lowest BCUT2D eigenvalue weighted by Crippen LogP contribution is -2.51. The maximum Gasteiger partial charge on any atom is 0.170 e. The monoisotopic (exact) mass is 297 g/mol. The predicted molar refractivity (Wildman–Crippen MR) is 88.9 cm³/mol. The van der Waals surface area contributed by atoms with Crippen molar-refractivity contribution in [3.63, 3.8) is 0 Å². The van der Waals surface area contributed by atoms with Crippen LogP contribution >= 0.6 is 11.3 Å². The van der Waals surface area contributed by atoms with Crippen LogP contribution in [0.4, 0.5) is 5.69 Å². The summed E-state index contributed by atoms with van der Waals surface area (Å²) < 4.78 is 6.30. The van der Waals surface area contributed by atoms with Crippen LogP contribution in [0.5, 0.6) is 0 Å². The van der Waals surface area contributed by atoms with Crippen LogP contribution < -0.4 is 4.90 Å². The summed E-state index contributed by atoms with van der Waals surface area (Å²) in [6, 6.07) is 12.9. The van der Waals surface area contributed by atoms with Crippen molar-refractivity contribution in [2.45, 2.75) is 25.0 Å². The fourth-order valence-electron chi connectivity index (χ4n) is 3.71. The topological polar surface area (TPSA) is 12.5 Å². The number of para-hydroxylation sites is 1. The Bertz CT molecular complexity index is 689. The standard InChI is InChI=1S/C18H19NOS/c1-17(2)15-7-3-4-8-16(15)19-11-12-20-18(17,19)10-9-14-6-5-13-21-14/h3-10,13H,11-12H2,1-2H3/b10-9+. The van der Waals surface area contributed by atoms with E-state index in [0.29, 0.717) is 0 Å². The van der Waals surface area contributed by atoms with E-state index in [2.05, 4.69) is 72.7 Å². The highest BCUT2D eigenvalue weighted by molar-refractivity contribution is 7.10. The molecule has 2 aliphatic rings. The van der Waals surface area contributed by atoms with Crippen LogP contribution in [-0.2, 0) is 10.2 Å². The molecule has 0 N–H and O–H groups in total. The molecule has 2 aromatic rings. The number of hydrogen-bond donors (Lipinski definition) is 0. The van der Waals surface area contributed by atoms with Gasteiger partial charge in [-0.3, -0.25) is 0 Å². The van der Waals surface area contributed by atoms with E-state index in [1.807, 2.05) is 0 Å². The molecule has 1 atom stereocenters. The van der Waals surface area contributed by atoms with E-state index in [1.165, 1.54) is 16.1 Å². The minimum Gasteiger partial charge on any atom is -0.349 e. The van der Waals surface area contributed by atoms with Crippen LogP contribution in [0.15, 0.2) is 47.9 Å². The number of rotatable bonds is 2. The lowest BCUT2D eigenvalue weighted by atomic mass is 9.77. The Kier molecular flexibility index (Phi) is 2.78. The molecular weight excluding hydrogens is 278 g/mol. The van der Waals surface area contributed by atoms with Crippen molar-refractivity contribution in [3.8, 4) is 0 Å². The average Bonchev–Trinajstić information content (AvgIpc) is 3.17. The van der Waals surface area contributed by atoms with E-state index >= 15 is 0 Å². The number of benzene rings is 1. The SMILES string of the molecule is CC1(C)c2ccccc2N2CCOC21/C=C/c1cccs1. The molecule has 0 radical (unpaired) electrons. The molecule has 0 amide bonds. The molecule has 2 aliphatic heterocycles. The smallest absolute Gasteiger partial charge is 0.170 e. The molecule has 108 valence electrons. The van der Waals surface area contributed by atoms with E-state index < -0.39 is 0 Å². The summed E-state index contributed by atoms with van der Waals surface area (Å²) in [5, 5.41) is 2.11. The highest BCUT2D eigenvalue weighted by Gasteiger charge is 2.58. The second-order valence-corrected chi connectivity index (χ2v) is 7.17. The Morgan fingerprint density at radius 2 is 2.05 bits per heavy atom. The van der Waals surface area contributed by atoms with E-state index in [9.17, 15) is 0 Å². The lowest BCUT2D eigenvalue weighted by Gasteiger charge is -2.39. The Labute approximate surface area is 129 Å². The first-order valence-electron chi connectivity index (χ1n) is 7.39. The van der Waals surface area contributed by atoms with Crippen LogP contribution in [-0.4, -0.2) is 18.9 Å². The van der Waals surface area contributed by atoms with Crippen molar-refractivity contribution in [2.75, 3.05) is 18.1 Å². The van der Waals surface area contributed by atoms with Gasteiger partial charge in [0.25, 0.3) is 0 Å². The van der Waals surface area contributed by atoms with Gasteiger partial charge in [-0.2, -0.15) is 0 Å². The summed E-state index contributed by atoms with van der Waals surface area (Å²) >= 11 is 1.76. The van der Waals surface area contributed by atoms with E-state index in [0.717, 1.165) is 13.2 Å². The van der Waals surface area contributed by atoms with Gasteiger partial charge in [0.15, 0.2) is 5.72 Å². The Morgan fingerprint density at radius 3 is 2.86 bits per heavy atom. The highest BCUT2D eigenvalue weighted by atomic mass is 32.1. The summed E-state index contributed by atoms with van der Waals surface area (Å²) in [5.74, 6) is 0. The first kappa shape index (κ1) is 13.1. The van der Waals surface area contributed by atoms with E-state index in [1.54, 1.807) is 11.3 Å². The van der Waals surface area contributed by atoms with Gasteiger partial charge < -0.3 is 9.64 Å². The second kappa shape index (κ2) is 4.46. The number of nitrogens with zero attached hydrogens (tertiary/aromatic N) is 1. The third-order valence-corrected chi connectivity index (χ3v) is 5.66. The first-order chi connectivity index (χ1) is 10.2. The molecule has 1 aromatic heterocycles. The van der Waals surface area contributed by atoms with Crippen molar-refractivity contribution in [3.05, 3.63) is 58.3 Å². The third kappa shape index (κ3) is 1.68. The molecular formula is C18H19NOS. The number of ether oxygens (including phenoxy) is 1. The van der Waals surface area contributed by atoms with Crippen LogP contribution in [0, 0.1) is 0 Å². The summed E-state index contributed by atoms with van der Waals surface area (Å²) in [7, 11) is 0. The van der Waals surface area contributed by atoms with Crippen LogP contribution in [0.2, 0.25) is 0 Å². The van der Waals surface area contributed by atoms with Gasteiger partial charge in [-0.15, -0.1) is 11.3 Å². The fraction of sp³-hybridized carbons (Fsp3) is 0.333. The van der Waals surface area contributed by atoms with Gasteiger partial charge in [0.05, 0.1) is 6.61 Å². The molecule has 2 nitrogen and oxygen atoms in total. The summed E-state index contributed by atoms with van der Waals surface area (Å²) in [5.41, 5.74) is 2.27. The fourth-order valence-corrected chi connectivity index (χ4v) is 4.33. The molecule has 1 unspecified atom stereocenters. The van der Waals surface area contributed by atoms with Crippen molar-refractivity contribution in [1.29, 1.82) is 0 Å². The predicted octanol–water partition coefficient (Wildman–Crippen LogP) is 4.29. The van der Waals surface area contributed by atoms with Crippen LogP contribution in [0.1, 0.15) is 24.3 Å². The lowest BCUT2D eigenvalue weighted by molar-refractivity contribution is 0.000345. The third-order valence-electron chi connectivity index (χ3n) is 4.82. The van der Waals surface area contributed by atoms with Gasteiger partial charge in [0.2, 0.25) is 0 Å². The number of anilines is 1. The Hall–Kier alpha value is -1.58. The number of hydrogen-bond acceptors (Lipinski definition) is 3. The molecule has 0 bridgehead atoms. The molecule has 3 heterocycles. The zero-order chi connectivity index (χ0) is 14.5. The van der Waals surface area contributed by atoms with Crippen molar-refractivity contribution in [1.82, 2.24) is 0 Å². The molecule has 0 spiro atoms. The summed E-state index contributed by atoms with van der Waals surface area (Å²) in [6.07, 6.45) is 4.46. The molecule has 1 fully saturated rings. The van der Waals surface area contributed by atoms with Crippen molar-refractivity contribution >= 4 is 23.1 Å². The molecule has 3 heteroatoms. The largest absolute Gasteiger partial charge is 0.349 e. The quantitative estimate of drug-likeness (QED) is 0.820. The van der Waals surface area contributed by atoms with Crippen molar-refractivity contribution < 1.29 is 4.74 Å². The zero-order valence-corrected chi connectivity index (χ0v) is 13.2. The minimum absolute atomic E-state index is 0.0617. The van der Waals surface area contributed by atoms with Crippen LogP contribution in [0.3, 0.4) is 0 Å². The molecule has 4 rings (SSSR count). The van der Waals surface area contributed by atoms with Crippen molar-refractivity contribution in [2.24, 2.45) is 0 Å². The molecule has 0 aliphatic carbocycles. The summed E-state index contributed by atoms with van der Waals surface area (Å²) in [6.45, 7) is 6.31. The van der Waals surface area contributed by atoms with Gasteiger partial charge in [-0.25, -0.2) is 0 Å². The highest BCUT2D eigenvalue weighted by Crippen LogP contribution is 2.54. The molecule has 1 saturated heterocycles. The molecule has 21 heavy (non-hydrogen) atoms. The van der Waals surface area contributed by atoms with Gasteiger partial charge in [-0.05, 0) is 35.2 Å². The average molecular weight is 297 g/mol. The Balaban J connectivity index is 1.84. The minimum atomic E-state index is -0.360. The molecule has 0 saturated carbocycles. The van der Waals surface area contributed by atoms with Gasteiger partial charge >= 0.3 is 0 Å². The summed E-state index contributed by atoms with van der Waals surface area (Å²) in [4.78, 5) is 3.69. The normalized spacial score (nSPS) is 26.3. The number of fused-ring (bicyclic) bond motifs is 3.